The van der Waals surface area contributed by atoms with Crippen molar-refractivity contribution in [3.05, 3.63) is 59.9 Å². The SMILES string of the molecule is CC1(C)[C@H](Nc2c(C(N)=O)cnn3cc(NCc4ccccc4)cc23)CC[C@@]1(C)O. The molecule has 0 unspecified atom stereocenters. The third-order valence-electron chi connectivity index (χ3n) is 6.74. The van der Waals surface area contributed by atoms with Gasteiger partial charge in [0.1, 0.15) is 0 Å². The monoisotopic (exact) mass is 407 g/mol. The van der Waals surface area contributed by atoms with E-state index in [2.05, 4.69) is 27.9 Å². The Morgan fingerprint density at radius 2 is 2.03 bits per heavy atom. The number of anilines is 2. The zero-order chi connectivity index (χ0) is 21.5. The lowest BCUT2D eigenvalue weighted by Crippen LogP contribution is -2.45. The molecule has 1 fully saturated rings. The summed E-state index contributed by atoms with van der Waals surface area (Å²) in [7, 11) is 0. The quantitative estimate of drug-likeness (QED) is 0.501. The maximum absolute atomic E-state index is 12.1. The van der Waals surface area contributed by atoms with E-state index in [4.69, 9.17) is 5.73 Å². The van der Waals surface area contributed by atoms with Crippen molar-refractivity contribution in [3.8, 4) is 0 Å². The minimum Gasteiger partial charge on any atom is -0.390 e. The van der Waals surface area contributed by atoms with E-state index >= 15 is 0 Å². The molecule has 4 rings (SSSR count). The number of nitrogens with zero attached hydrogens (tertiary/aromatic N) is 2. The maximum atomic E-state index is 12.1. The number of aliphatic hydroxyl groups is 1. The van der Waals surface area contributed by atoms with Gasteiger partial charge in [-0.25, -0.2) is 4.52 Å². The van der Waals surface area contributed by atoms with E-state index in [-0.39, 0.29) is 11.5 Å². The third kappa shape index (κ3) is 3.50. The minimum absolute atomic E-state index is 0.00701. The van der Waals surface area contributed by atoms with Gasteiger partial charge in [0.15, 0.2) is 0 Å². The smallest absolute Gasteiger partial charge is 0.252 e. The first-order valence-electron chi connectivity index (χ1n) is 10.3. The van der Waals surface area contributed by atoms with Crippen molar-refractivity contribution in [1.82, 2.24) is 9.61 Å². The van der Waals surface area contributed by atoms with Crippen LogP contribution in [0.25, 0.3) is 5.52 Å². The van der Waals surface area contributed by atoms with Gasteiger partial charge >= 0.3 is 0 Å². The van der Waals surface area contributed by atoms with Crippen LogP contribution in [0, 0.1) is 5.41 Å². The van der Waals surface area contributed by atoms with E-state index in [0.29, 0.717) is 24.2 Å². The molecule has 2 atom stereocenters. The molecule has 1 saturated carbocycles. The summed E-state index contributed by atoms with van der Waals surface area (Å²) >= 11 is 0. The Hall–Kier alpha value is -3.06. The molecule has 1 amide bonds. The molecule has 1 aliphatic carbocycles. The first-order valence-corrected chi connectivity index (χ1v) is 10.3. The number of fused-ring (bicyclic) bond motifs is 1. The van der Waals surface area contributed by atoms with Crippen LogP contribution in [0.4, 0.5) is 11.4 Å². The lowest BCUT2D eigenvalue weighted by atomic mass is 9.76. The Balaban J connectivity index is 1.67. The van der Waals surface area contributed by atoms with Gasteiger partial charge < -0.3 is 21.5 Å². The van der Waals surface area contributed by atoms with E-state index in [9.17, 15) is 9.90 Å². The number of benzene rings is 1. The molecule has 5 N–H and O–H groups in total. The number of carbonyl (C=O) groups is 1. The molecule has 0 radical (unpaired) electrons. The number of hydrogen-bond acceptors (Lipinski definition) is 5. The number of carbonyl (C=O) groups excluding carboxylic acids is 1. The van der Waals surface area contributed by atoms with Gasteiger partial charge in [-0.05, 0) is 31.4 Å². The molecule has 158 valence electrons. The first kappa shape index (κ1) is 20.2. The van der Waals surface area contributed by atoms with E-state index in [1.165, 1.54) is 11.8 Å². The summed E-state index contributed by atoms with van der Waals surface area (Å²) in [5.74, 6) is -0.532. The van der Waals surface area contributed by atoms with Crippen LogP contribution < -0.4 is 16.4 Å². The van der Waals surface area contributed by atoms with Gasteiger partial charge in [0.2, 0.25) is 0 Å². The minimum atomic E-state index is -0.786. The number of rotatable bonds is 6. The average molecular weight is 408 g/mol. The van der Waals surface area contributed by atoms with E-state index in [0.717, 1.165) is 17.6 Å². The van der Waals surface area contributed by atoms with Crippen molar-refractivity contribution in [1.29, 1.82) is 0 Å². The highest BCUT2D eigenvalue weighted by atomic mass is 16.3. The Labute approximate surface area is 176 Å². The van der Waals surface area contributed by atoms with Crippen LogP contribution in [0.15, 0.2) is 48.8 Å². The molecule has 30 heavy (non-hydrogen) atoms. The molecule has 1 aliphatic rings. The van der Waals surface area contributed by atoms with Crippen molar-refractivity contribution in [2.24, 2.45) is 11.1 Å². The van der Waals surface area contributed by atoms with E-state index in [1.807, 2.05) is 51.2 Å². The van der Waals surface area contributed by atoms with Crippen molar-refractivity contribution in [2.45, 2.75) is 51.8 Å². The van der Waals surface area contributed by atoms with Crippen molar-refractivity contribution in [3.63, 3.8) is 0 Å². The Morgan fingerprint density at radius 1 is 1.30 bits per heavy atom. The zero-order valence-electron chi connectivity index (χ0n) is 17.6. The summed E-state index contributed by atoms with van der Waals surface area (Å²) in [6.45, 7) is 6.65. The topological polar surface area (TPSA) is 105 Å². The molecule has 0 aliphatic heterocycles. The molecule has 0 spiro atoms. The molecule has 0 saturated heterocycles. The predicted molar refractivity (Wildman–Crippen MR) is 119 cm³/mol. The predicted octanol–water partition coefficient (Wildman–Crippen LogP) is 3.40. The van der Waals surface area contributed by atoms with Crippen molar-refractivity contribution < 1.29 is 9.90 Å². The second-order valence-electron chi connectivity index (χ2n) is 8.93. The summed E-state index contributed by atoms with van der Waals surface area (Å²) in [6.07, 6.45) is 4.88. The highest BCUT2D eigenvalue weighted by Gasteiger charge is 2.50. The molecule has 7 nitrogen and oxygen atoms in total. The normalized spacial score (nSPS) is 22.9. The summed E-state index contributed by atoms with van der Waals surface area (Å²) in [5, 5.41) is 22.1. The van der Waals surface area contributed by atoms with Crippen LogP contribution in [0.3, 0.4) is 0 Å². The van der Waals surface area contributed by atoms with Crippen LogP contribution in [-0.2, 0) is 6.54 Å². The number of aromatic nitrogens is 2. The zero-order valence-corrected chi connectivity index (χ0v) is 17.6. The number of nitrogens with one attached hydrogen (secondary N) is 2. The standard InChI is InChI=1S/C23H29N5O2/c1-22(2)19(9-10-23(22,3)30)27-20-17(21(24)29)13-26-28-14-16(11-18(20)28)25-12-15-7-5-4-6-8-15/h4-8,11,13-14,19,25,27,30H,9-10,12H2,1-3H3,(H2,24,29)/t19-,23-/m1/s1. The largest absolute Gasteiger partial charge is 0.390 e. The number of amides is 1. The highest BCUT2D eigenvalue weighted by Crippen LogP contribution is 2.47. The van der Waals surface area contributed by atoms with Crippen LogP contribution in [-0.4, -0.2) is 32.3 Å². The van der Waals surface area contributed by atoms with Gasteiger partial charge in [0.25, 0.3) is 5.91 Å². The van der Waals surface area contributed by atoms with E-state index < -0.39 is 11.5 Å². The molecular weight excluding hydrogens is 378 g/mol. The fourth-order valence-electron chi connectivity index (χ4n) is 4.20. The summed E-state index contributed by atoms with van der Waals surface area (Å²) in [4.78, 5) is 12.1. The van der Waals surface area contributed by atoms with Crippen LogP contribution >= 0.6 is 0 Å². The van der Waals surface area contributed by atoms with Gasteiger partial charge in [-0.2, -0.15) is 5.10 Å². The van der Waals surface area contributed by atoms with Crippen molar-refractivity contribution in [2.75, 3.05) is 10.6 Å². The molecular formula is C23H29N5O2. The fourth-order valence-corrected chi connectivity index (χ4v) is 4.20. The molecule has 0 bridgehead atoms. The Bertz CT molecular complexity index is 1070. The van der Waals surface area contributed by atoms with Gasteiger partial charge in [0, 0.05) is 18.0 Å². The van der Waals surface area contributed by atoms with E-state index in [1.54, 1.807) is 4.52 Å². The number of nitrogens with two attached hydrogens (primary N) is 1. The van der Waals surface area contributed by atoms with Gasteiger partial charge in [0.05, 0.1) is 40.4 Å². The third-order valence-corrected chi connectivity index (χ3v) is 6.74. The average Bonchev–Trinajstić information content (AvgIpc) is 3.21. The Kier molecular flexibility index (Phi) is 4.94. The molecule has 3 aromatic rings. The van der Waals surface area contributed by atoms with Gasteiger partial charge in [-0.1, -0.05) is 44.2 Å². The van der Waals surface area contributed by atoms with Crippen LogP contribution in [0.2, 0.25) is 0 Å². The fraction of sp³-hybridized carbons (Fsp3) is 0.391. The Morgan fingerprint density at radius 3 is 2.67 bits per heavy atom. The molecule has 2 aromatic heterocycles. The van der Waals surface area contributed by atoms with Crippen molar-refractivity contribution >= 4 is 22.8 Å². The highest BCUT2D eigenvalue weighted by molar-refractivity contribution is 6.02. The lowest BCUT2D eigenvalue weighted by molar-refractivity contribution is -0.0283. The second-order valence-corrected chi connectivity index (χ2v) is 8.93. The second kappa shape index (κ2) is 7.32. The number of hydrogen-bond donors (Lipinski definition) is 4. The first-order chi connectivity index (χ1) is 14.2. The number of primary amides is 1. The maximum Gasteiger partial charge on any atom is 0.252 e. The van der Waals surface area contributed by atoms with Crippen LogP contribution in [0.1, 0.15) is 49.5 Å². The summed E-state index contributed by atoms with van der Waals surface area (Å²) in [5.41, 5.74) is 8.33. The molecule has 2 heterocycles. The van der Waals surface area contributed by atoms with Gasteiger partial charge in [-0.3, -0.25) is 4.79 Å². The summed E-state index contributed by atoms with van der Waals surface area (Å²) in [6, 6.07) is 12.1. The van der Waals surface area contributed by atoms with Gasteiger partial charge in [-0.15, -0.1) is 0 Å². The molecule has 1 aromatic carbocycles. The van der Waals surface area contributed by atoms with Crippen LogP contribution in [0.5, 0.6) is 0 Å². The summed E-state index contributed by atoms with van der Waals surface area (Å²) < 4.78 is 1.74. The molecule has 7 heteroatoms. The lowest BCUT2D eigenvalue weighted by Gasteiger charge is -2.38.